The van der Waals surface area contributed by atoms with Gasteiger partial charge in [0.05, 0.1) is 0 Å². The summed E-state index contributed by atoms with van der Waals surface area (Å²) in [4.78, 5) is 0. The Kier molecular flexibility index (Phi) is 2.28. The first-order valence-electron chi connectivity index (χ1n) is 5.49. The van der Waals surface area contributed by atoms with Crippen LogP contribution in [0.2, 0.25) is 0 Å². The molecule has 3 aliphatic rings. The molecule has 0 aromatic heterocycles. The Morgan fingerprint density at radius 3 is 2.81 bits per heavy atom. The van der Waals surface area contributed by atoms with E-state index >= 15 is 0 Å². The van der Waals surface area contributed by atoms with Gasteiger partial charge in [0, 0.05) is 18.1 Å². The van der Waals surface area contributed by atoms with Crippen molar-refractivity contribution in [1.82, 2.24) is 0 Å². The predicted octanol–water partition coefficient (Wildman–Crippen LogP) is 4.18. The van der Waals surface area contributed by atoms with Crippen molar-refractivity contribution < 1.29 is 4.74 Å². The highest BCUT2D eigenvalue weighted by molar-refractivity contribution is 6.51. The topological polar surface area (TPSA) is 9.23 Å². The molecule has 2 fully saturated rings. The van der Waals surface area contributed by atoms with E-state index in [0.717, 1.165) is 31.3 Å². The molecule has 88 valence electrons. The van der Waals surface area contributed by atoms with E-state index in [1.165, 1.54) is 5.57 Å². The summed E-state index contributed by atoms with van der Waals surface area (Å²) in [5, 5.41) is 0. The molecular formula is C12H13Cl3O. The van der Waals surface area contributed by atoms with Crippen molar-refractivity contribution in [3.8, 4) is 0 Å². The van der Waals surface area contributed by atoms with Crippen LogP contribution in [0.5, 0.6) is 0 Å². The molecule has 4 heteroatoms. The quantitative estimate of drug-likeness (QED) is 0.517. The van der Waals surface area contributed by atoms with Gasteiger partial charge in [-0.1, -0.05) is 40.4 Å². The van der Waals surface area contributed by atoms with E-state index in [9.17, 15) is 0 Å². The van der Waals surface area contributed by atoms with E-state index in [4.69, 9.17) is 39.5 Å². The third kappa shape index (κ3) is 0.926. The van der Waals surface area contributed by atoms with E-state index in [1.54, 1.807) is 12.6 Å². The van der Waals surface area contributed by atoms with Crippen molar-refractivity contribution in [3.05, 3.63) is 22.8 Å². The molecule has 2 saturated carbocycles. The number of hydrogen-bond acceptors (Lipinski definition) is 1. The number of methoxy groups -OCH3 is 1. The highest BCUT2D eigenvalue weighted by atomic mass is 35.5. The lowest BCUT2D eigenvalue weighted by atomic mass is 9.81. The molecule has 0 heterocycles. The summed E-state index contributed by atoms with van der Waals surface area (Å²) in [6, 6.07) is 0. The van der Waals surface area contributed by atoms with Crippen LogP contribution in [0.15, 0.2) is 22.8 Å². The minimum absolute atomic E-state index is 0.132. The highest BCUT2D eigenvalue weighted by Gasteiger charge is 2.74. The van der Waals surface area contributed by atoms with Crippen LogP contribution in [-0.2, 0) is 4.74 Å². The Bertz CT molecular complexity index is 412. The fourth-order valence-corrected chi connectivity index (χ4v) is 5.05. The van der Waals surface area contributed by atoms with Crippen molar-refractivity contribution in [3.63, 3.8) is 0 Å². The molecule has 2 atom stereocenters. The van der Waals surface area contributed by atoms with Crippen LogP contribution in [0.25, 0.3) is 0 Å². The molecule has 0 N–H and O–H groups in total. The Morgan fingerprint density at radius 1 is 1.44 bits per heavy atom. The molecule has 2 bridgehead atoms. The summed E-state index contributed by atoms with van der Waals surface area (Å²) in [5.41, 5.74) is 3.12. The van der Waals surface area contributed by atoms with Gasteiger partial charge < -0.3 is 4.74 Å². The molecule has 0 aromatic rings. The number of hydrogen-bond donors (Lipinski definition) is 0. The third-order valence-electron chi connectivity index (χ3n) is 4.53. The van der Waals surface area contributed by atoms with E-state index in [0.29, 0.717) is 0 Å². The maximum atomic E-state index is 6.64. The van der Waals surface area contributed by atoms with Gasteiger partial charge in [-0.25, -0.2) is 0 Å². The number of halogens is 3. The van der Waals surface area contributed by atoms with E-state index in [1.807, 2.05) is 0 Å². The van der Waals surface area contributed by atoms with Gasteiger partial charge >= 0.3 is 0 Å². The van der Waals surface area contributed by atoms with Gasteiger partial charge in [-0.15, -0.1) is 0 Å². The molecule has 3 aliphatic carbocycles. The van der Waals surface area contributed by atoms with Crippen molar-refractivity contribution >= 4 is 34.8 Å². The summed E-state index contributed by atoms with van der Waals surface area (Å²) in [6.45, 7) is 0. The first-order chi connectivity index (χ1) is 7.54. The van der Waals surface area contributed by atoms with Gasteiger partial charge in [0.25, 0.3) is 0 Å². The fraction of sp³-hybridized carbons (Fsp3) is 0.667. The smallest absolute Gasteiger partial charge is 0.164 e. The number of rotatable bonds is 1. The monoisotopic (exact) mass is 278 g/mol. The van der Waals surface area contributed by atoms with Crippen LogP contribution in [0, 0.1) is 5.41 Å². The summed E-state index contributed by atoms with van der Waals surface area (Å²) in [5.74, 6) is 0. The average molecular weight is 280 g/mol. The maximum Gasteiger partial charge on any atom is 0.164 e. The van der Waals surface area contributed by atoms with Crippen LogP contribution in [0.1, 0.15) is 25.7 Å². The lowest BCUT2D eigenvalue weighted by Gasteiger charge is -2.36. The molecule has 0 aliphatic heterocycles. The van der Waals surface area contributed by atoms with E-state index in [2.05, 4.69) is 6.08 Å². The number of ether oxygens (including phenoxy) is 1. The zero-order valence-corrected chi connectivity index (χ0v) is 11.3. The SMILES string of the molecule is CO[C@]12C=C3CCC[C@@]3(C/C1=C\Cl)C2(Cl)Cl. The van der Waals surface area contributed by atoms with Gasteiger partial charge in [-0.05, 0) is 37.3 Å². The largest absolute Gasteiger partial charge is 0.366 e. The summed E-state index contributed by atoms with van der Waals surface area (Å²) >= 11 is 19.2. The van der Waals surface area contributed by atoms with Gasteiger partial charge in [-0.3, -0.25) is 0 Å². The summed E-state index contributed by atoms with van der Waals surface area (Å²) in [7, 11) is 1.65. The molecule has 1 spiro atoms. The first kappa shape index (κ1) is 11.4. The molecule has 0 saturated heterocycles. The standard InChI is InChI=1S/C12H13Cl3O/c1-16-11-6-8-3-2-4-10(8,12(11,14)15)5-9(11)7-13/h6-7H,2-5H2,1H3/b9-7+/t10-,11+/m0/s1. The third-order valence-corrected chi connectivity index (χ3v) is 6.08. The van der Waals surface area contributed by atoms with Crippen molar-refractivity contribution in [2.45, 2.75) is 35.6 Å². The highest BCUT2D eigenvalue weighted by Crippen LogP contribution is 2.74. The molecule has 0 unspecified atom stereocenters. The zero-order valence-electron chi connectivity index (χ0n) is 9.03. The number of alkyl halides is 2. The van der Waals surface area contributed by atoms with Gasteiger partial charge in [0.1, 0.15) is 5.60 Å². The number of fused-ring (bicyclic) bond motifs is 1. The predicted molar refractivity (Wildman–Crippen MR) is 67.1 cm³/mol. The lowest BCUT2D eigenvalue weighted by molar-refractivity contribution is 0.0580. The van der Waals surface area contributed by atoms with Gasteiger partial charge in [-0.2, -0.15) is 0 Å². The molecule has 0 aromatic carbocycles. The maximum absolute atomic E-state index is 6.64. The second kappa shape index (κ2) is 3.20. The molecular weight excluding hydrogens is 266 g/mol. The van der Waals surface area contributed by atoms with E-state index in [-0.39, 0.29) is 5.41 Å². The fourth-order valence-electron chi connectivity index (χ4n) is 3.74. The molecule has 1 nitrogen and oxygen atoms in total. The summed E-state index contributed by atoms with van der Waals surface area (Å²) < 4.78 is 4.75. The lowest BCUT2D eigenvalue weighted by Crippen LogP contribution is -2.45. The van der Waals surface area contributed by atoms with Gasteiger partial charge in [0.15, 0.2) is 4.33 Å². The van der Waals surface area contributed by atoms with Crippen LogP contribution in [0.3, 0.4) is 0 Å². The Balaban J connectivity index is 2.26. The van der Waals surface area contributed by atoms with Crippen LogP contribution in [0.4, 0.5) is 0 Å². The molecule has 16 heavy (non-hydrogen) atoms. The van der Waals surface area contributed by atoms with Gasteiger partial charge in [0.2, 0.25) is 0 Å². The number of allylic oxidation sites excluding steroid dienone is 1. The summed E-state index contributed by atoms with van der Waals surface area (Å²) in [6.07, 6.45) is 6.22. The van der Waals surface area contributed by atoms with Crippen LogP contribution < -0.4 is 0 Å². The van der Waals surface area contributed by atoms with Crippen LogP contribution >= 0.6 is 34.8 Å². The first-order valence-corrected chi connectivity index (χ1v) is 6.68. The Labute approximate surface area is 110 Å². The van der Waals surface area contributed by atoms with Crippen molar-refractivity contribution in [2.75, 3.05) is 7.11 Å². The Hall–Kier alpha value is 0.310. The molecule has 0 amide bonds. The minimum atomic E-state index is -0.901. The van der Waals surface area contributed by atoms with Crippen LogP contribution in [-0.4, -0.2) is 17.0 Å². The second-order valence-electron chi connectivity index (χ2n) is 4.93. The Morgan fingerprint density at radius 2 is 2.19 bits per heavy atom. The minimum Gasteiger partial charge on any atom is -0.366 e. The average Bonchev–Trinajstić information content (AvgIpc) is 2.81. The van der Waals surface area contributed by atoms with Crippen molar-refractivity contribution in [2.24, 2.45) is 5.41 Å². The normalized spacial score (nSPS) is 46.2. The van der Waals surface area contributed by atoms with Crippen molar-refractivity contribution in [1.29, 1.82) is 0 Å². The molecule has 0 radical (unpaired) electrons. The second-order valence-corrected chi connectivity index (χ2v) is 6.48. The van der Waals surface area contributed by atoms with E-state index < -0.39 is 9.93 Å². The zero-order chi connectivity index (χ0) is 11.6. The molecule has 3 rings (SSSR count).